The number of benzene rings is 1. The predicted molar refractivity (Wildman–Crippen MR) is 85.6 cm³/mol. The second kappa shape index (κ2) is 5.80. The third-order valence-corrected chi connectivity index (χ3v) is 6.02. The van der Waals surface area contributed by atoms with Crippen LogP contribution in [0.4, 0.5) is 0 Å². The van der Waals surface area contributed by atoms with Crippen LogP contribution in [0.25, 0.3) is 10.2 Å². The minimum Gasteiger partial charge on any atom is -0.271 e. The Bertz CT molecular complexity index is 539. The molecule has 1 aliphatic carbocycles. The van der Waals surface area contributed by atoms with Gasteiger partial charge in [-0.05, 0) is 36.8 Å². The fourth-order valence-electron chi connectivity index (χ4n) is 3.66. The molecule has 1 heterocycles. The number of hydrogen-bond acceptors (Lipinski definition) is 4. The topological polar surface area (TPSA) is 50.9 Å². The van der Waals surface area contributed by atoms with Crippen LogP contribution in [0, 0.1) is 5.41 Å². The summed E-state index contributed by atoms with van der Waals surface area (Å²) in [6.45, 7) is 2.30. The molecule has 1 fully saturated rings. The lowest BCUT2D eigenvalue weighted by Gasteiger charge is -2.36. The largest absolute Gasteiger partial charge is 0.271 e. The van der Waals surface area contributed by atoms with E-state index >= 15 is 0 Å². The number of rotatable bonds is 5. The monoisotopic (exact) mass is 289 g/mol. The van der Waals surface area contributed by atoms with Crippen LogP contribution in [0.5, 0.6) is 0 Å². The molecule has 0 spiro atoms. The van der Waals surface area contributed by atoms with Gasteiger partial charge in [0, 0.05) is 12.5 Å². The van der Waals surface area contributed by atoms with E-state index in [1.54, 1.807) is 11.3 Å². The molecule has 1 saturated carbocycles. The number of fused-ring (bicyclic) bond motifs is 1. The van der Waals surface area contributed by atoms with Crippen LogP contribution in [-0.4, -0.2) is 11.0 Å². The number of hydrazine groups is 1. The Hall–Kier alpha value is -0.970. The number of nitrogens with one attached hydrogen (secondary N) is 1. The molecule has 108 valence electrons. The van der Waals surface area contributed by atoms with Crippen molar-refractivity contribution in [3.63, 3.8) is 0 Å². The molecule has 1 atom stereocenters. The summed E-state index contributed by atoms with van der Waals surface area (Å²) in [4.78, 5) is 4.76. The van der Waals surface area contributed by atoms with Crippen molar-refractivity contribution in [2.24, 2.45) is 11.3 Å². The molecule has 20 heavy (non-hydrogen) atoms. The summed E-state index contributed by atoms with van der Waals surface area (Å²) in [6, 6.07) is 8.70. The first kappa shape index (κ1) is 14.0. The molecule has 1 unspecified atom stereocenters. The van der Waals surface area contributed by atoms with Gasteiger partial charge >= 0.3 is 0 Å². The third kappa shape index (κ3) is 2.48. The maximum absolute atomic E-state index is 5.88. The summed E-state index contributed by atoms with van der Waals surface area (Å²) in [7, 11) is 0. The van der Waals surface area contributed by atoms with Crippen LogP contribution in [0.2, 0.25) is 0 Å². The van der Waals surface area contributed by atoms with Crippen LogP contribution in [0.1, 0.15) is 44.0 Å². The molecular weight excluding hydrogens is 266 g/mol. The molecule has 0 bridgehead atoms. The highest BCUT2D eigenvalue weighted by Crippen LogP contribution is 2.44. The molecule has 0 radical (unpaired) electrons. The van der Waals surface area contributed by atoms with Crippen molar-refractivity contribution in [3.05, 3.63) is 29.3 Å². The molecule has 3 N–H and O–H groups in total. The van der Waals surface area contributed by atoms with Gasteiger partial charge in [-0.15, -0.1) is 11.3 Å². The van der Waals surface area contributed by atoms with Gasteiger partial charge < -0.3 is 0 Å². The Morgan fingerprint density at radius 2 is 2.10 bits per heavy atom. The van der Waals surface area contributed by atoms with Gasteiger partial charge in [0.05, 0.1) is 15.2 Å². The number of nitrogens with two attached hydrogens (primary N) is 1. The number of para-hydroxylation sites is 1. The SMILES string of the molecule is CCC1(C(Cc2nc3ccccc3s2)NN)CCCC1. The summed E-state index contributed by atoms with van der Waals surface area (Å²) in [5, 5.41) is 1.20. The molecule has 3 nitrogen and oxygen atoms in total. The fourth-order valence-corrected chi connectivity index (χ4v) is 4.67. The zero-order valence-corrected chi connectivity index (χ0v) is 12.9. The minimum atomic E-state index is 0.343. The molecule has 1 aromatic heterocycles. The average Bonchev–Trinajstić information content (AvgIpc) is 3.11. The van der Waals surface area contributed by atoms with Gasteiger partial charge in [-0.2, -0.15) is 0 Å². The minimum absolute atomic E-state index is 0.343. The Kier molecular flexibility index (Phi) is 4.06. The summed E-state index contributed by atoms with van der Waals surface area (Å²) >= 11 is 1.80. The van der Waals surface area contributed by atoms with Gasteiger partial charge in [-0.25, -0.2) is 4.98 Å². The molecule has 4 heteroatoms. The fraction of sp³-hybridized carbons (Fsp3) is 0.562. The Morgan fingerprint density at radius 3 is 2.75 bits per heavy atom. The van der Waals surface area contributed by atoms with Gasteiger partial charge in [0.25, 0.3) is 0 Å². The van der Waals surface area contributed by atoms with Crippen molar-refractivity contribution in [1.29, 1.82) is 0 Å². The van der Waals surface area contributed by atoms with Crippen LogP contribution in [-0.2, 0) is 6.42 Å². The molecule has 2 aromatic rings. The standard InChI is InChI=1S/C16H23N3S/c1-2-16(9-5-6-10-16)14(19-17)11-15-18-12-7-3-4-8-13(12)20-15/h3-4,7-8,14,19H,2,5-6,9-11,17H2,1H3. The van der Waals surface area contributed by atoms with Gasteiger partial charge in [-0.3, -0.25) is 11.3 Å². The lowest BCUT2D eigenvalue weighted by atomic mass is 9.75. The van der Waals surface area contributed by atoms with E-state index < -0.39 is 0 Å². The average molecular weight is 289 g/mol. The van der Waals surface area contributed by atoms with E-state index in [-0.39, 0.29) is 0 Å². The quantitative estimate of drug-likeness (QED) is 0.652. The second-order valence-corrected chi connectivity index (χ2v) is 7.04. The van der Waals surface area contributed by atoms with E-state index in [1.807, 2.05) is 0 Å². The highest BCUT2D eigenvalue weighted by atomic mass is 32.1. The van der Waals surface area contributed by atoms with Crippen LogP contribution < -0.4 is 11.3 Å². The molecule has 0 amide bonds. The maximum Gasteiger partial charge on any atom is 0.0954 e. The van der Waals surface area contributed by atoms with E-state index in [4.69, 9.17) is 10.8 Å². The highest BCUT2D eigenvalue weighted by molar-refractivity contribution is 7.18. The summed E-state index contributed by atoms with van der Waals surface area (Å²) in [6.07, 6.45) is 7.42. The predicted octanol–water partition coefficient (Wildman–Crippen LogP) is 3.64. The summed E-state index contributed by atoms with van der Waals surface area (Å²) < 4.78 is 1.27. The van der Waals surface area contributed by atoms with E-state index in [0.717, 1.165) is 11.9 Å². The highest BCUT2D eigenvalue weighted by Gasteiger charge is 2.39. The number of nitrogens with zero attached hydrogens (tertiary/aromatic N) is 1. The van der Waals surface area contributed by atoms with Gasteiger partial charge in [0.1, 0.15) is 0 Å². The zero-order valence-electron chi connectivity index (χ0n) is 12.1. The van der Waals surface area contributed by atoms with Crippen molar-refractivity contribution in [3.8, 4) is 0 Å². The molecule has 3 rings (SSSR count). The Morgan fingerprint density at radius 1 is 1.35 bits per heavy atom. The van der Waals surface area contributed by atoms with Gasteiger partial charge in [-0.1, -0.05) is 31.9 Å². The maximum atomic E-state index is 5.88. The molecular formula is C16H23N3S. The van der Waals surface area contributed by atoms with Crippen LogP contribution in [0.3, 0.4) is 0 Å². The molecule has 0 saturated heterocycles. The zero-order chi connectivity index (χ0) is 14.0. The first-order valence-electron chi connectivity index (χ1n) is 7.58. The third-order valence-electron chi connectivity index (χ3n) is 4.96. The summed E-state index contributed by atoms with van der Waals surface area (Å²) in [5.74, 6) is 5.88. The molecule has 1 aliphatic rings. The van der Waals surface area contributed by atoms with Crippen molar-refractivity contribution in [2.45, 2.75) is 51.5 Å². The van der Waals surface area contributed by atoms with Crippen molar-refractivity contribution >= 4 is 21.6 Å². The number of thiazole rings is 1. The van der Waals surface area contributed by atoms with E-state index in [1.165, 1.54) is 41.8 Å². The number of hydrogen-bond donors (Lipinski definition) is 2. The lowest BCUT2D eigenvalue weighted by molar-refractivity contribution is 0.185. The van der Waals surface area contributed by atoms with Gasteiger partial charge in [0.2, 0.25) is 0 Å². The first-order chi connectivity index (χ1) is 9.77. The van der Waals surface area contributed by atoms with Crippen molar-refractivity contribution in [2.75, 3.05) is 0 Å². The number of aromatic nitrogens is 1. The summed E-state index contributed by atoms with van der Waals surface area (Å²) in [5.41, 5.74) is 4.57. The normalized spacial score (nSPS) is 19.5. The van der Waals surface area contributed by atoms with E-state index in [0.29, 0.717) is 11.5 Å². The Balaban J connectivity index is 1.83. The van der Waals surface area contributed by atoms with Crippen molar-refractivity contribution < 1.29 is 0 Å². The first-order valence-corrected chi connectivity index (χ1v) is 8.39. The van der Waals surface area contributed by atoms with Crippen LogP contribution >= 0.6 is 11.3 Å². The second-order valence-electron chi connectivity index (χ2n) is 5.92. The molecule has 0 aliphatic heterocycles. The van der Waals surface area contributed by atoms with Crippen molar-refractivity contribution in [1.82, 2.24) is 10.4 Å². The lowest BCUT2D eigenvalue weighted by Crippen LogP contribution is -2.48. The van der Waals surface area contributed by atoms with E-state index in [9.17, 15) is 0 Å². The smallest absolute Gasteiger partial charge is 0.0954 e. The van der Waals surface area contributed by atoms with Crippen LogP contribution in [0.15, 0.2) is 24.3 Å². The van der Waals surface area contributed by atoms with E-state index in [2.05, 4.69) is 36.6 Å². The molecule has 1 aromatic carbocycles. The van der Waals surface area contributed by atoms with Gasteiger partial charge in [0.15, 0.2) is 0 Å². The Labute approximate surface area is 124 Å².